The molecule has 0 spiro atoms. The van der Waals surface area contributed by atoms with E-state index >= 15 is 0 Å². The molecule has 2 aliphatic rings. The zero-order chi connectivity index (χ0) is 13.0. The van der Waals surface area contributed by atoms with E-state index in [1.807, 2.05) is 0 Å². The topological polar surface area (TPSA) is 18.5 Å². The Bertz CT molecular complexity index is 235. The third kappa shape index (κ3) is 3.48. The Labute approximate surface area is 112 Å². The lowest BCUT2D eigenvalue weighted by molar-refractivity contribution is -0.241. The van der Waals surface area contributed by atoms with Crippen LogP contribution in [0.25, 0.3) is 0 Å². The summed E-state index contributed by atoms with van der Waals surface area (Å²) in [6.07, 6.45) is 9.07. The Kier molecular flexibility index (Phi) is 5.08. The second-order valence-corrected chi connectivity index (χ2v) is 6.80. The van der Waals surface area contributed by atoms with Crippen LogP contribution in [0.4, 0.5) is 0 Å². The Balaban J connectivity index is 1.79. The molecule has 2 rings (SSSR count). The summed E-state index contributed by atoms with van der Waals surface area (Å²) in [4.78, 5) is 0. The SMILES string of the molecule is CCCCC1OCC(C)(C2CCC(C)CC2)CO1. The van der Waals surface area contributed by atoms with Gasteiger partial charge in [0, 0.05) is 5.41 Å². The number of hydrogen-bond donors (Lipinski definition) is 0. The fourth-order valence-corrected chi connectivity index (χ4v) is 3.39. The molecule has 2 heteroatoms. The zero-order valence-corrected chi connectivity index (χ0v) is 12.4. The molecule has 0 radical (unpaired) electrons. The highest BCUT2D eigenvalue weighted by Gasteiger charge is 2.40. The maximum atomic E-state index is 5.95. The molecule has 106 valence electrons. The lowest BCUT2D eigenvalue weighted by Crippen LogP contribution is -2.45. The Morgan fingerprint density at radius 1 is 1.06 bits per heavy atom. The molecule has 0 bridgehead atoms. The van der Waals surface area contributed by atoms with Crippen LogP contribution in [0, 0.1) is 17.3 Å². The monoisotopic (exact) mass is 254 g/mol. The van der Waals surface area contributed by atoms with Crippen molar-refractivity contribution in [2.75, 3.05) is 13.2 Å². The third-order valence-electron chi connectivity index (χ3n) is 4.99. The minimum Gasteiger partial charge on any atom is -0.352 e. The van der Waals surface area contributed by atoms with E-state index in [2.05, 4.69) is 20.8 Å². The third-order valence-corrected chi connectivity index (χ3v) is 4.99. The van der Waals surface area contributed by atoms with Crippen LogP contribution in [-0.2, 0) is 9.47 Å². The van der Waals surface area contributed by atoms with Gasteiger partial charge in [-0.05, 0) is 37.5 Å². The quantitative estimate of drug-likeness (QED) is 0.741. The fourth-order valence-electron chi connectivity index (χ4n) is 3.39. The van der Waals surface area contributed by atoms with E-state index in [0.29, 0.717) is 0 Å². The predicted octanol–water partition coefficient (Wildman–Crippen LogP) is 4.38. The lowest BCUT2D eigenvalue weighted by Gasteiger charge is -2.45. The highest BCUT2D eigenvalue weighted by molar-refractivity contribution is 4.87. The minimum absolute atomic E-state index is 0.0699. The molecule has 1 aliphatic heterocycles. The van der Waals surface area contributed by atoms with Gasteiger partial charge in [-0.3, -0.25) is 0 Å². The molecule has 1 heterocycles. The average Bonchev–Trinajstić information content (AvgIpc) is 2.39. The summed E-state index contributed by atoms with van der Waals surface area (Å²) in [5.74, 6) is 1.73. The van der Waals surface area contributed by atoms with Crippen LogP contribution in [0.5, 0.6) is 0 Å². The lowest BCUT2D eigenvalue weighted by atomic mass is 9.68. The first-order valence-corrected chi connectivity index (χ1v) is 7.87. The smallest absolute Gasteiger partial charge is 0.157 e. The Morgan fingerprint density at radius 2 is 1.67 bits per heavy atom. The fraction of sp³-hybridized carbons (Fsp3) is 1.00. The summed E-state index contributed by atoms with van der Waals surface area (Å²) in [6.45, 7) is 8.77. The largest absolute Gasteiger partial charge is 0.352 e. The molecule has 0 unspecified atom stereocenters. The molecule has 0 N–H and O–H groups in total. The molecule has 0 aromatic rings. The molecule has 18 heavy (non-hydrogen) atoms. The van der Waals surface area contributed by atoms with E-state index in [0.717, 1.165) is 31.5 Å². The highest BCUT2D eigenvalue weighted by Crippen LogP contribution is 2.42. The normalized spacial score (nSPS) is 41.8. The van der Waals surface area contributed by atoms with Gasteiger partial charge >= 0.3 is 0 Å². The van der Waals surface area contributed by atoms with Crippen LogP contribution in [-0.4, -0.2) is 19.5 Å². The van der Waals surface area contributed by atoms with Gasteiger partial charge in [0.05, 0.1) is 13.2 Å². The molecule has 1 saturated carbocycles. The molecule has 1 saturated heterocycles. The second kappa shape index (κ2) is 6.38. The summed E-state index contributed by atoms with van der Waals surface area (Å²) in [7, 11) is 0. The predicted molar refractivity (Wildman–Crippen MR) is 74.4 cm³/mol. The molecule has 0 atom stereocenters. The van der Waals surface area contributed by atoms with Gasteiger partial charge in [-0.15, -0.1) is 0 Å². The van der Waals surface area contributed by atoms with Crippen molar-refractivity contribution < 1.29 is 9.47 Å². The summed E-state index contributed by atoms with van der Waals surface area (Å²) < 4.78 is 11.9. The van der Waals surface area contributed by atoms with Crippen molar-refractivity contribution in [3.05, 3.63) is 0 Å². The first-order valence-electron chi connectivity index (χ1n) is 7.87. The maximum Gasteiger partial charge on any atom is 0.157 e. The van der Waals surface area contributed by atoms with E-state index in [1.54, 1.807) is 0 Å². The molecule has 0 amide bonds. The van der Waals surface area contributed by atoms with Crippen LogP contribution in [0.1, 0.15) is 65.7 Å². The van der Waals surface area contributed by atoms with Crippen molar-refractivity contribution in [3.63, 3.8) is 0 Å². The van der Waals surface area contributed by atoms with Crippen molar-refractivity contribution in [2.45, 2.75) is 72.0 Å². The first-order chi connectivity index (χ1) is 8.64. The van der Waals surface area contributed by atoms with E-state index in [4.69, 9.17) is 9.47 Å². The summed E-state index contributed by atoms with van der Waals surface area (Å²) in [5.41, 5.74) is 0.267. The van der Waals surface area contributed by atoms with Gasteiger partial charge in [-0.2, -0.15) is 0 Å². The van der Waals surface area contributed by atoms with Gasteiger partial charge in [0.25, 0.3) is 0 Å². The summed E-state index contributed by atoms with van der Waals surface area (Å²) in [5, 5.41) is 0. The van der Waals surface area contributed by atoms with Crippen molar-refractivity contribution in [2.24, 2.45) is 17.3 Å². The van der Waals surface area contributed by atoms with Crippen LogP contribution in [0.15, 0.2) is 0 Å². The zero-order valence-electron chi connectivity index (χ0n) is 12.4. The Hall–Kier alpha value is -0.0800. The van der Waals surface area contributed by atoms with Crippen LogP contribution in [0.3, 0.4) is 0 Å². The van der Waals surface area contributed by atoms with Gasteiger partial charge in [0.15, 0.2) is 6.29 Å². The molecular weight excluding hydrogens is 224 g/mol. The standard InChI is InChI=1S/C16H30O2/c1-4-5-6-15-17-11-16(3,12-18-15)14-9-7-13(2)8-10-14/h13-15H,4-12H2,1-3H3. The van der Waals surface area contributed by atoms with Crippen molar-refractivity contribution >= 4 is 0 Å². The van der Waals surface area contributed by atoms with Gasteiger partial charge in [-0.25, -0.2) is 0 Å². The van der Waals surface area contributed by atoms with Gasteiger partial charge in [-0.1, -0.05) is 40.0 Å². The molecular formula is C16H30O2. The highest BCUT2D eigenvalue weighted by atomic mass is 16.7. The molecule has 2 fully saturated rings. The van der Waals surface area contributed by atoms with Gasteiger partial charge in [0.1, 0.15) is 0 Å². The number of ether oxygens (including phenoxy) is 2. The van der Waals surface area contributed by atoms with Crippen LogP contribution >= 0.6 is 0 Å². The summed E-state index contributed by atoms with van der Waals surface area (Å²) >= 11 is 0. The molecule has 0 aromatic carbocycles. The number of hydrogen-bond acceptors (Lipinski definition) is 2. The van der Waals surface area contributed by atoms with Crippen molar-refractivity contribution in [1.29, 1.82) is 0 Å². The average molecular weight is 254 g/mol. The first kappa shape index (κ1) is 14.3. The molecule has 0 aromatic heterocycles. The maximum absolute atomic E-state index is 5.95. The second-order valence-electron chi connectivity index (χ2n) is 6.80. The van der Waals surface area contributed by atoms with Crippen LogP contribution < -0.4 is 0 Å². The molecule has 1 aliphatic carbocycles. The summed E-state index contributed by atoms with van der Waals surface area (Å²) in [6, 6.07) is 0. The minimum atomic E-state index is 0.0699. The van der Waals surface area contributed by atoms with Gasteiger partial charge < -0.3 is 9.47 Å². The van der Waals surface area contributed by atoms with Crippen LogP contribution in [0.2, 0.25) is 0 Å². The number of rotatable bonds is 4. The molecule has 2 nitrogen and oxygen atoms in total. The Morgan fingerprint density at radius 3 is 2.22 bits per heavy atom. The van der Waals surface area contributed by atoms with Crippen molar-refractivity contribution in [1.82, 2.24) is 0 Å². The van der Waals surface area contributed by atoms with E-state index in [1.165, 1.54) is 38.5 Å². The van der Waals surface area contributed by atoms with E-state index < -0.39 is 0 Å². The van der Waals surface area contributed by atoms with E-state index in [-0.39, 0.29) is 11.7 Å². The van der Waals surface area contributed by atoms with E-state index in [9.17, 15) is 0 Å². The number of unbranched alkanes of at least 4 members (excludes halogenated alkanes) is 1. The van der Waals surface area contributed by atoms with Gasteiger partial charge in [0.2, 0.25) is 0 Å². The van der Waals surface area contributed by atoms with Crippen molar-refractivity contribution in [3.8, 4) is 0 Å².